The summed E-state index contributed by atoms with van der Waals surface area (Å²) in [6.07, 6.45) is 0.422. The number of para-hydroxylation sites is 1. The van der Waals surface area contributed by atoms with Crippen molar-refractivity contribution in [2.75, 3.05) is 18.9 Å². The molecule has 2 aromatic rings. The molecule has 0 saturated carbocycles. The Bertz CT molecular complexity index is 1110. The number of benzene rings is 2. The third kappa shape index (κ3) is 5.79. The summed E-state index contributed by atoms with van der Waals surface area (Å²) in [5.74, 6) is -3.75. The Morgan fingerprint density at radius 2 is 1.74 bits per heavy atom. The Balaban J connectivity index is 2.00. The molecule has 0 spiro atoms. The maximum Gasteiger partial charge on any atom is 0.251 e. The number of hydrogen-bond donors (Lipinski definition) is 3. The van der Waals surface area contributed by atoms with Crippen LogP contribution in [0.1, 0.15) is 37.9 Å². The quantitative estimate of drug-likeness (QED) is 0.536. The van der Waals surface area contributed by atoms with E-state index in [-0.39, 0.29) is 18.4 Å². The Kier molecular flexibility index (Phi) is 8.45. The van der Waals surface area contributed by atoms with Gasteiger partial charge in [-0.2, -0.15) is 0 Å². The van der Waals surface area contributed by atoms with Crippen LogP contribution >= 0.6 is 11.6 Å². The fourth-order valence-corrected chi connectivity index (χ4v) is 4.22. The van der Waals surface area contributed by atoms with Crippen molar-refractivity contribution in [3.63, 3.8) is 0 Å². The second-order valence-electron chi connectivity index (χ2n) is 8.85. The van der Waals surface area contributed by atoms with Gasteiger partial charge in [-0.05, 0) is 61.7 Å². The second kappa shape index (κ2) is 11.1. The molecule has 3 amide bonds. The molecule has 10 heteroatoms. The van der Waals surface area contributed by atoms with Crippen LogP contribution in [0.2, 0.25) is 5.02 Å². The van der Waals surface area contributed by atoms with Gasteiger partial charge in [0.25, 0.3) is 5.91 Å². The summed E-state index contributed by atoms with van der Waals surface area (Å²) < 4.78 is 28.5. The van der Waals surface area contributed by atoms with E-state index in [9.17, 15) is 23.2 Å². The van der Waals surface area contributed by atoms with Gasteiger partial charge in [-0.3, -0.25) is 14.4 Å². The van der Waals surface area contributed by atoms with Gasteiger partial charge < -0.3 is 20.9 Å². The van der Waals surface area contributed by atoms with Crippen molar-refractivity contribution in [2.24, 2.45) is 5.92 Å². The fraction of sp³-hybridized carbons (Fsp3) is 0.400. The Labute approximate surface area is 208 Å². The van der Waals surface area contributed by atoms with Crippen LogP contribution in [0, 0.1) is 17.6 Å². The number of amides is 3. The number of rotatable bonds is 7. The van der Waals surface area contributed by atoms with Crippen LogP contribution in [0.4, 0.5) is 14.5 Å². The lowest BCUT2D eigenvalue weighted by Gasteiger charge is -2.39. The van der Waals surface area contributed by atoms with Gasteiger partial charge >= 0.3 is 0 Å². The molecule has 188 valence electrons. The van der Waals surface area contributed by atoms with Crippen LogP contribution in [-0.2, 0) is 20.8 Å². The molecule has 3 atom stereocenters. The average molecular weight is 507 g/mol. The topological polar surface area (TPSA) is 90.5 Å². The summed E-state index contributed by atoms with van der Waals surface area (Å²) in [7, 11) is 1.63. The van der Waals surface area contributed by atoms with Crippen molar-refractivity contribution in [3.8, 4) is 0 Å². The highest BCUT2D eigenvalue weighted by Gasteiger charge is 2.40. The lowest BCUT2D eigenvalue weighted by atomic mass is 9.90. The van der Waals surface area contributed by atoms with Gasteiger partial charge in [0.15, 0.2) is 0 Å². The number of halogens is 3. The monoisotopic (exact) mass is 506 g/mol. The van der Waals surface area contributed by atoms with E-state index < -0.39 is 47.3 Å². The van der Waals surface area contributed by atoms with Crippen LogP contribution in [-0.4, -0.2) is 48.3 Å². The molecule has 35 heavy (non-hydrogen) atoms. The van der Waals surface area contributed by atoms with Crippen molar-refractivity contribution < 1.29 is 23.2 Å². The summed E-state index contributed by atoms with van der Waals surface area (Å²) in [6, 6.07) is 5.56. The molecule has 0 aromatic heterocycles. The molecule has 7 nitrogen and oxygen atoms in total. The van der Waals surface area contributed by atoms with Crippen molar-refractivity contribution in [1.29, 1.82) is 0 Å². The summed E-state index contributed by atoms with van der Waals surface area (Å²) >= 11 is 6.13. The lowest BCUT2D eigenvalue weighted by Crippen LogP contribution is -2.57. The van der Waals surface area contributed by atoms with Gasteiger partial charge in [0.1, 0.15) is 29.4 Å². The van der Waals surface area contributed by atoms with E-state index in [0.29, 0.717) is 17.0 Å². The average Bonchev–Trinajstić information content (AvgIpc) is 2.82. The molecule has 1 aliphatic rings. The van der Waals surface area contributed by atoms with Gasteiger partial charge in [-0.1, -0.05) is 37.6 Å². The molecule has 2 aromatic carbocycles. The number of fused-ring (bicyclic) bond motifs is 1. The molecular formula is C25H29ClF2N4O3. The minimum atomic E-state index is -1.18. The maximum atomic E-state index is 14.3. The second-order valence-corrected chi connectivity index (χ2v) is 9.29. The van der Waals surface area contributed by atoms with Gasteiger partial charge in [0.2, 0.25) is 11.8 Å². The molecular weight excluding hydrogens is 478 g/mol. The molecule has 1 heterocycles. The first-order valence-electron chi connectivity index (χ1n) is 11.4. The van der Waals surface area contributed by atoms with Gasteiger partial charge in [0.05, 0.1) is 6.04 Å². The highest BCUT2D eigenvalue weighted by atomic mass is 35.5. The lowest BCUT2D eigenvalue weighted by molar-refractivity contribution is -0.144. The minimum Gasteiger partial charge on any atom is -0.343 e. The van der Waals surface area contributed by atoms with E-state index in [2.05, 4.69) is 16.0 Å². The van der Waals surface area contributed by atoms with E-state index >= 15 is 0 Å². The van der Waals surface area contributed by atoms with Crippen LogP contribution in [0.5, 0.6) is 0 Å². The molecule has 3 rings (SSSR count). The molecule has 0 radical (unpaired) electrons. The number of likely N-dealkylation sites (N-methyl/N-ethyl adjacent to an activating group) is 1. The normalized spacial score (nSPS) is 16.9. The summed E-state index contributed by atoms with van der Waals surface area (Å²) in [5, 5.41) is 8.37. The van der Waals surface area contributed by atoms with E-state index in [1.54, 1.807) is 46.0 Å². The SMILES string of the molecule is CN[C@@H](C)C(=O)N[C@H](C(=O)N1CCc2cc(Cl)ccc2C1C(=O)Nc1c(F)cccc1F)C(C)C. The smallest absolute Gasteiger partial charge is 0.251 e. The molecule has 1 aliphatic heterocycles. The first-order valence-corrected chi connectivity index (χ1v) is 11.7. The van der Waals surface area contributed by atoms with Crippen molar-refractivity contribution in [3.05, 3.63) is 64.2 Å². The Morgan fingerprint density at radius 1 is 1.09 bits per heavy atom. The predicted molar refractivity (Wildman–Crippen MR) is 130 cm³/mol. The predicted octanol–water partition coefficient (Wildman–Crippen LogP) is 3.43. The largest absolute Gasteiger partial charge is 0.343 e. The van der Waals surface area contributed by atoms with Gasteiger partial charge in [-0.15, -0.1) is 0 Å². The van der Waals surface area contributed by atoms with Crippen LogP contribution in [0.3, 0.4) is 0 Å². The molecule has 1 unspecified atom stereocenters. The number of carbonyl (C=O) groups is 3. The van der Waals surface area contributed by atoms with Crippen LogP contribution < -0.4 is 16.0 Å². The summed E-state index contributed by atoms with van der Waals surface area (Å²) in [6.45, 7) is 5.39. The Morgan fingerprint density at radius 3 is 2.34 bits per heavy atom. The third-order valence-electron chi connectivity index (χ3n) is 6.13. The molecule has 0 aliphatic carbocycles. The van der Waals surface area contributed by atoms with Crippen LogP contribution in [0.15, 0.2) is 36.4 Å². The zero-order valence-electron chi connectivity index (χ0n) is 20.0. The zero-order valence-corrected chi connectivity index (χ0v) is 20.7. The van der Waals surface area contributed by atoms with E-state index in [1.165, 1.54) is 11.0 Å². The third-order valence-corrected chi connectivity index (χ3v) is 6.37. The number of nitrogens with one attached hydrogen (secondary N) is 3. The van der Waals surface area contributed by atoms with Gasteiger partial charge in [0, 0.05) is 11.6 Å². The summed E-state index contributed by atoms with van der Waals surface area (Å²) in [5.41, 5.74) is 0.660. The first kappa shape index (κ1) is 26.6. The molecule has 0 saturated heterocycles. The van der Waals surface area contributed by atoms with Crippen molar-refractivity contribution >= 4 is 35.0 Å². The van der Waals surface area contributed by atoms with Gasteiger partial charge in [-0.25, -0.2) is 8.78 Å². The highest BCUT2D eigenvalue weighted by molar-refractivity contribution is 6.30. The molecule has 3 N–H and O–H groups in total. The van der Waals surface area contributed by atoms with Crippen molar-refractivity contribution in [1.82, 2.24) is 15.5 Å². The number of anilines is 1. The number of nitrogens with zero attached hydrogens (tertiary/aromatic N) is 1. The van der Waals surface area contributed by atoms with Crippen LogP contribution in [0.25, 0.3) is 0 Å². The summed E-state index contributed by atoms with van der Waals surface area (Å²) in [4.78, 5) is 41.0. The standard InChI is InChI=1S/C25H29ClF2N4O3/c1-13(2)20(30-23(33)14(3)29-4)25(35)32-11-10-15-12-16(26)8-9-17(15)22(32)24(34)31-21-18(27)6-5-7-19(21)28/h5-9,12-14,20,22,29H,10-11H2,1-4H3,(H,30,33)(H,31,34)/t14-,20-,22?/m0/s1. The minimum absolute atomic E-state index is 0.157. The first-order chi connectivity index (χ1) is 16.5. The number of hydrogen-bond acceptors (Lipinski definition) is 4. The number of carbonyl (C=O) groups excluding carboxylic acids is 3. The van der Waals surface area contributed by atoms with E-state index in [1.807, 2.05) is 0 Å². The fourth-order valence-electron chi connectivity index (χ4n) is 4.03. The molecule has 0 bridgehead atoms. The highest BCUT2D eigenvalue weighted by Crippen LogP contribution is 2.34. The van der Waals surface area contributed by atoms with E-state index in [0.717, 1.165) is 17.7 Å². The van der Waals surface area contributed by atoms with Crippen molar-refractivity contribution in [2.45, 2.75) is 45.3 Å². The molecule has 0 fully saturated rings. The maximum absolute atomic E-state index is 14.3. The van der Waals surface area contributed by atoms with E-state index in [4.69, 9.17) is 11.6 Å². The Hall–Kier alpha value is -3.04. The zero-order chi connectivity index (χ0) is 25.9.